The van der Waals surface area contributed by atoms with Crippen molar-refractivity contribution < 1.29 is 19.1 Å². The third-order valence-corrected chi connectivity index (χ3v) is 6.65. The Morgan fingerprint density at radius 1 is 1.09 bits per heavy atom. The maximum atomic E-state index is 12.5. The van der Waals surface area contributed by atoms with Crippen LogP contribution in [0.1, 0.15) is 49.3 Å². The van der Waals surface area contributed by atoms with Crippen molar-refractivity contribution in [2.75, 3.05) is 7.11 Å². The van der Waals surface area contributed by atoms with Crippen LogP contribution in [0.4, 0.5) is 0 Å². The summed E-state index contributed by atoms with van der Waals surface area (Å²) in [6.45, 7) is 0.396. The van der Waals surface area contributed by atoms with E-state index in [1.165, 1.54) is 26.4 Å². The Labute approximate surface area is 187 Å². The lowest BCUT2D eigenvalue weighted by Gasteiger charge is -2.32. The van der Waals surface area contributed by atoms with Crippen molar-refractivity contribution in [3.63, 3.8) is 0 Å². The number of fused-ring (bicyclic) bond motifs is 1. The first-order valence-electron chi connectivity index (χ1n) is 11.3. The second-order valence-corrected chi connectivity index (χ2v) is 8.66. The lowest BCUT2D eigenvalue weighted by Crippen LogP contribution is -2.40. The molecule has 1 N–H and O–H groups in total. The second kappa shape index (κ2) is 8.88. The van der Waals surface area contributed by atoms with Crippen LogP contribution in [0.15, 0.2) is 60.7 Å². The van der Waals surface area contributed by atoms with E-state index in [1.54, 1.807) is 0 Å². The molecule has 1 aliphatic heterocycles. The third kappa shape index (κ3) is 4.08. The largest absolute Gasteiger partial charge is 0.487 e. The number of benzene rings is 2. The minimum absolute atomic E-state index is 0.0912. The molecule has 0 amide bonds. The van der Waals surface area contributed by atoms with E-state index in [4.69, 9.17) is 14.3 Å². The van der Waals surface area contributed by atoms with Crippen LogP contribution in [-0.2, 0) is 21.0 Å². The zero-order valence-electron chi connectivity index (χ0n) is 18.3. The highest BCUT2D eigenvalue weighted by Crippen LogP contribution is 2.48. The van der Waals surface area contributed by atoms with Crippen molar-refractivity contribution in [3.05, 3.63) is 71.9 Å². The summed E-state index contributed by atoms with van der Waals surface area (Å²) in [4.78, 5) is 22.7. The highest BCUT2D eigenvalue weighted by Gasteiger charge is 2.62. The van der Waals surface area contributed by atoms with E-state index in [9.17, 15) is 4.79 Å². The van der Waals surface area contributed by atoms with Gasteiger partial charge in [-0.3, -0.25) is 4.84 Å². The predicted molar refractivity (Wildman–Crippen MR) is 121 cm³/mol. The van der Waals surface area contributed by atoms with Gasteiger partial charge < -0.3 is 9.47 Å². The maximum Gasteiger partial charge on any atom is 0.358 e. The van der Waals surface area contributed by atoms with Gasteiger partial charge in [-0.15, -0.1) is 0 Å². The van der Waals surface area contributed by atoms with Crippen LogP contribution in [0, 0.1) is 5.92 Å². The highest BCUT2D eigenvalue weighted by atomic mass is 16.8. The molecule has 2 fully saturated rings. The first-order valence-corrected chi connectivity index (χ1v) is 11.3. The summed E-state index contributed by atoms with van der Waals surface area (Å²) in [5, 5.41) is 1.12. The summed E-state index contributed by atoms with van der Waals surface area (Å²) in [5.41, 5.74) is 4.68. The monoisotopic (exact) mass is 432 g/mol. The minimum atomic E-state index is -1.08. The molecule has 1 saturated carbocycles. The van der Waals surface area contributed by atoms with Crippen molar-refractivity contribution >= 4 is 16.9 Å². The van der Waals surface area contributed by atoms with E-state index in [2.05, 4.69) is 16.5 Å². The van der Waals surface area contributed by atoms with Crippen LogP contribution in [0.25, 0.3) is 10.9 Å². The standard InChI is InChI=1S/C26H28N2O4/c1-30-25(29)26(28-32-26)24(19-8-3-2-4-9-19)20-12-15-22(16-13-20)31-17-21-14-11-18-7-5-6-10-23(18)27-21/h5-7,10-16,19,24,28H,2-4,8-9,17H2,1H3. The number of rotatable bonds is 7. The molecule has 2 aliphatic rings. The van der Waals surface area contributed by atoms with E-state index in [-0.39, 0.29) is 11.9 Å². The number of aromatic nitrogens is 1. The molecule has 6 heteroatoms. The van der Waals surface area contributed by atoms with Gasteiger partial charge >= 0.3 is 5.97 Å². The average Bonchev–Trinajstić information content (AvgIpc) is 3.65. The van der Waals surface area contributed by atoms with Crippen molar-refractivity contribution in [2.45, 2.75) is 50.4 Å². The first kappa shape index (κ1) is 20.9. The third-order valence-electron chi connectivity index (χ3n) is 6.65. The molecule has 2 atom stereocenters. The Balaban J connectivity index is 1.32. The van der Waals surface area contributed by atoms with E-state index >= 15 is 0 Å². The number of nitrogens with zero attached hydrogens (tertiary/aromatic N) is 1. The number of pyridine rings is 1. The number of para-hydroxylation sites is 1. The second-order valence-electron chi connectivity index (χ2n) is 8.66. The number of ether oxygens (including phenoxy) is 2. The summed E-state index contributed by atoms with van der Waals surface area (Å²) in [6, 6.07) is 20.1. The zero-order valence-corrected chi connectivity index (χ0v) is 18.3. The number of hydroxylamine groups is 1. The Kier molecular flexibility index (Phi) is 5.81. The molecule has 166 valence electrons. The number of carbonyl (C=O) groups is 1. The van der Waals surface area contributed by atoms with Gasteiger partial charge in [0.25, 0.3) is 5.72 Å². The van der Waals surface area contributed by atoms with Crippen LogP contribution in [0.3, 0.4) is 0 Å². The molecule has 2 heterocycles. The van der Waals surface area contributed by atoms with Crippen LogP contribution in [-0.4, -0.2) is 23.8 Å². The fraction of sp³-hybridized carbons (Fsp3) is 0.385. The van der Waals surface area contributed by atoms with Crippen molar-refractivity contribution in [1.82, 2.24) is 10.5 Å². The number of methoxy groups -OCH3 is 1. The molecule has 5 rings (SSSR count). The van der Waals surface area contributed by atoms with Gasteiger partial charge in [-0.05, 0) is 48.6 Å². The molecule has 0 bridgehead atoms. The Morgan fingerprint density at radius 3 is 2.56 bits per heavy atom. The summed E-state index contributed by atoms with van der Waals surface area (Å²) in [7, 11) is 1.41. The van der Waals surface area contributed by atoms with E-state index in [1.807, 2.05) is 54.6 Å². The lowest BCUT2D eigenvalue weighted by molar-refractivity contribution is -0.148. The van der Waals surface area contributed by atoms with Gasteiger partial charge in [0.05, 0.1) is 18.3 Å². The van der Waals surface area contributed by atoms with Crippen LogP contribution < -0.4 is 10.2 Å². The van der Waals surface area contributed by atoms with Gasteiger partial charge in [0, 0.05) is 11.3 Å². The van der Waals surface area contributed by atoms with Crippen LogP contribution >= 0.6 is 0 Å². The SMILES string of the molecule is COC(=O)C1(C(c2ccc(OCc3ccc4ccccc4n3)cc2)C2CCCCC2)NO1. The summed E-state index contributed by atoms with van der Waals surface area (Å²) in [6.07, 6.45) is 5.77. The molecule has 1 saturated heterocycles. The molecule has 6 nitrogen and oxygen atoms in total. The topological polar surface area (TPSA) is 82.9 Å². The Bertz CT molecular complexity index is 1090. The molecule has 1 aliphatic carbocycles. The highest BCUT2D eigenvalue weighted by molar-refractivity contribution is 5.82. The number of esters is 1. The van der Waals surface area contributed by atoms with Gasteiger partial charge in [0.2, 0.25) is 0 Å². The molecule has 0 radical (unpaired) electrons. The van der Waals surface area contributed by atoms with E-state index < -0.39 is 5.72 Å². The van der Waals surface area contributed by atoms with Gasteiger partial charge in [0.1, 0.15) is 12.4 Å². The molecule has 1 aromatic heterocycles. The molecular weight excluding hydrogens is 404 g/mol. The Morgan fingerprint density at radius 2 is 1.84 bits per heavy atom. The van der Waals surface area contributed by atoms with Gasteiger partial charge in [-0.1, -0.05) is 55.7 Å². The van der Waals surface area contributed by atoms with Crippen molar-refractivity contribution in [3.8, 4) is 5.75 Å². The van der Waals surface area contributed by atoms with Gasteiger partial charge in [0.15, 0.2) is 0 Å². The lowest BCUT2D eigenvalue weighted by atomic mass is 9.72. The van der Waals surface area contributed by atoms with Crippen molar-refractivity contribution in [1.29, 1.82) is 0 Å². The number of hydrogen-bond acceptors (Lipinski definition) is 6. The fourth-order valence-electron chi connectivity index (χ4n) is 4.97. The van der Waals surface area contributed by atoms with E-state index in [0.717, 1.165) is 40.8 Å². The molecule has 2 aromatic carbocycles. The Hall–Kier alpha value is -2.96. The zero-order chi connectivity index (χ0) is 22.0. The smallest absolute Gasteiger partial charge is 0.358 e. The fourth-order valence-corrected chi connectivity index (χ4v) is 4.97. The molecule has 2 unspecified atom stereocenters. The molecular formula is C26H28N2O4. The van der Waals surface area contributed by atoms with Crippen LogP contribution in [0.2, 0.25) is 0 Å². The predicted octanol–water partition coefficient (Wildman–Crippen LogP) is 4.88. The quantitative estimate of drug-likeness (QED) is 0.423. The number of nitrogens with one attached hydrogen (secondary N) is 1. The average molecular weight is 433 g/mol. The minimum Gasteiger partial charge on any atom is -0.487 e. The summed E-state index contributed by atoms with van der Waals surface area (Å²) < 4.78 is 11.0. The summed E-state index contributed by atoms with van der Waals surface area (Å²) >= 11 is 0. The van der Waals surface area contributed by atoms with Crippen molar-refractivity contribution in [2.24, 2.45) is 5.92 Å². The summed E-state index contributed by atoms with van der Waals surface area (Å²) in [5.74, 6) is 0.677. The molecule has 3 aromatic rings. The normalized spacial score (nSPS) is 21.8. The molecule has 0 spiro atoms. The van der Waals surface area contributed by atoms with Gasteiger partial charge in [-0.25, -0.2) is 9.78 Å². The number of carbonyl (C=O) groups excluding carboxylic acids is 1. The first-order chi connectivity index (χ1) is 15.7. The van der Waals surface area contributed by atoms with Crippen LogP contribution in [0.5, 0.6) is 5.75 Å². The van der Waals surface area contributed by atoms with E-state index in [0.29, 0.717) is 12.5 Å². The van der Waals surface area contributed by atoms with Gasteiger partial charge in [-0.2, -0.15) is 5.48 Å². The molecule has 32 heavy (non-hydrogen) atoms. The maximum absolute atomic E-state index is 12.5. The number of hydrogen-bond donors (Lipinski definition) is 1.